The number of nitrogens with zero attached hydrogens (tertiary/aromatic N) is 2. The Hall–Kier alpha value is -1.54. The van der Waals surface area contributed by atoms with Crippen LogP contribution >= 0.6 is 27.3 Å². The number of hydrogen-bond acceptors (Lipinski definition) is 6. The normalized spacial score (nSPS) is 16.6. The number of aromatic nitrogens is 2. The van der Waals surface area contributed by atoms with E-state index in [0.29, 0.717) is 6.04 Å². The smallest absolute Gasteiger partial charge is 0.142 e. The van der Waals surface area contributed by atoms with E-state index in [-0.39, 0.29) is 0 Å². The summed E-state index contributed by atoms with van der Waals surface area (Å²) in [6.45, 7) is 4.48. The summed E-state index contributed by atoms with van der Waals surface area (Å²) in [4.78, 5) is 11.5. The molecule has 26 heavy (non-hydrogen) atoms. The van der Waals surface area contributed by atoms with Gasteiger partial charge in [-0.25, -0.2) is 9.97 Å². The molecule has 4 rings (SSSR count). The predicted octanol–water partition coefficient (Wildman–Crippen LogP) is 4.64. The first-order valence-corrected chi connectivity index (χ1v) is 10.4. The molecule has 0 saturated carbocycles. The maximum atomic E-state index is 5.51. The Morgan fingerprint density at radius 3 is 3.15 bits per heavy atom. The number of benzene rings is 1. The predicted molar refractivity (Wildman–Crippen MR) is 110 cm³/mol. The van der Waals surface area contributed by atoms with Gasteiger partial charge in [0.25, 0.3) is 0 Å². The lowest BCUT2D eigenvalue weighted by Crippen LogP contribution is -2.35. The standard InChI is InChI=1S/C19H21BrN4OS/c1-2-25-7-6-13-9-16-15(10-21-13)17-18(22-11-23-19(17)26-16)24-14-5-3-4-12(20)8-14/h3-5,8,11,13,21H,2,6-7,9-10H2,1H3,(H,22,23,24). The zero-order valence-electron chi connectivity index (χ0n) is 14.6. The van der Waals surface area contributed by atoms with Crippen molar-refractivity contribution >= 4 is 49.0 Å². The lowest BCUT2D eigenvalue weighted by atomic mass is 10.0. The summed E-state index contributed by atoms with van der Waals surface area (Å²) in [7, 11) is 0. The highest BCUT2D eigenvalue weighted by Crippen LogP contribution is 2.37. The maximum absolute atomic E-state index is 5.51. The lowest BCUT2D eigenvalue weighted by molar-refractivity contribution is 0.135. The fraction of sp³-hybridized carbons (Fsp3) is 0.368. The molecule has 1 aliphatic rings. The third-order valence-corrected chi connectivity index (χ3v) is 6.23. The van der Waals surface area contributed by atoms with Crippen molar-refractivity contribution < 1.29 is 4.74 Å². The van der Waals surface area contributed by atoms with Crippen LogP contribution in [0.15, 0.2) is 35.1 Å². The second-order valence-corrected chi connectivity index (χ2v) is 8.31. The van der Waals surface area contributed by atoms with E-state index in [0.717, 1.165) is 58.8 Å². The first-order chi connectivity index (χ1) is 12.7. The van der Waals surface area contributed by atoms with E-state index in [4.69, 9.17) is 4.74 Å². The van der Waals surface area contributed by atoms with Gasteiger partial charge < -0.3 is 15.4 Å². The van der Waals surface area contributed by atoms with Gasteiger partial charge in [-0.05, 0) is 43.5 Å². The molecule has 5 nitrogen and oxygen atoms in total. The molecule has 0 aliphatic carbocycles. The third-order valence-electron chi connectivity index (χ3n) is 4.57. The summed E-state index contributed by atoms with van der Waals surface area (Å²) in [5.41, 5.74) is 2.34. The summed E-state index contributed by atoms with van der Waals surface area (Å²) < 4.78 is 6.55. The number of rotatable bonds is 6. The van der Waals surface area contributed by atoms with Crippen LogP contribution < -0.4 is 10.6 Å². The van der Waals surface area contributed by atoms with Gasteiger partial charge in [-0.15, -0.1) is 11.3 Å². The van der Waals surface area contributed by atoms with Crippen LogP contribution in [-0.2, 0) is 17.7 Å². The molecule has 1 unspecified atom stereocenters. The van der Waals surface area contributed by atoms with Gasteiger partial charge in [0.15, 0.2) is 0 Å². The van der Waals surface area contributed by atoms with E-state index >= 15 is 0 Å². The average molecular weight is 433 g/mol. The van der Waals surface area contributed by atoms with E-state index in [1.807, 2.05) is 25.1 Å². The van der Waals surface area contributed by atoms with Crippen LogP contribution in [0.1, 0.15) is 23.8 Å². The SMILES string of the molecule is CCOCCC1Cc2sc3ncnc(Nc4cccc(Br)c4)c3c2CN1. The molecule has 3 heterocycles. The molecular weight excluding hydrogens is 412 g/mol. The van der Waals surface area contributed by atoms with Crippen LogP contribution in [0.3, 0.4) is 0 Å². The molecular formula is C19H21BrN4OS. The molecule has 136 valence electrons. The van der Waals surface area contributed by atoms with Crippen LogP contribution in [0.2, 0.25) is 0 Å². The third kappa shape index (κ3) is 3.76. The zero-order chi connectivity index (χ0) is 17.9. The van der Waals surface area contributed by atoms with Gasteiger partial charge in [-0.3, -0.25) is 0 Å². The van der Waals surface area contributed by atoms with Crippen molar-refractivity contribution in [1.29, 1.82) is 0 Å². The maximum Gasteiger partial charge on any atom is 0.142 e. The zero-order valence-corrected chi connectivity index (χ0v) is 17.0. The molecule has 0 amide bonds. The highest BCUT2D eigenvalue weighted by molar-refractivity contribution is 9.10. The fourth-order valence-electron chi connectivity index (χ4n) is 3.30. The summed E-state index contributed by atoms with van der Waals surface area (Å²) in [5, 5.41) is 8.25. The Balaban J connectivity index is 1.61. The molecule has 2 N–H and O–H groups in total. The molecule has 3 aromatic rings. The molecule has 0 spiro atoms. The summed E-state index contributed by atoms with van der Waals surface area (Å²) in [5.74, 6) is 0.875. The average Bonchev–Trinajstić information content (AvgIpc) is 3.01. The molecule has 1 aliphatic heterocycles. The first-order valence-electron chi connectivity index (χ1n) is 8.83. The van der Waals surface area contributed by atoms with Crippen LogP contribution in [0, 0.1) is 0 Å². The van der Waals surface area contributed by atoms with Gasteiger partial charge in [-0.1, -0.05) is 22.0 Å². The Bertz CT molecular complexity index is 914. The number of halogens is 1. The first kappa shape index (κ1) is 17.9. The Kier molecular flexibility index (Phi) is 5.49. The number of anilines is 2. The van der Waals surface area contributed by atoms with Crippen LogP contribution in [0.4, 0.5) is 11.5 Å². The van der Waals surface area contributed by atoms with Gasteiger partial charge >= 0.3 is 0 Å². The van der Waals surface area contributed by atoms with Crippen LogP contribution in [-0.4, -0.2) is 29.2 Å². The molecule has 1 atom stereocenters. The van der Waals surface area contributed by atoms with Crippen molar-refractivity contribution in [3.8, 4) is 0 Å². The van der Waals surface area contributed by atoms with Crippen molar-refractivity contribution in [2.45, 2.75) is 32.4 Å². The minimum Gasteiger partial charge on any atom is -0.382 e. The second kappa shape index (κ2) is 8.00. The van der Waals surface area contributed by atoms with Crippen molar-refractivity contribution in [2.24, 2.45) is 0 Å². The lowest BCUT2D eigenvalue weighted by Gasteiger charge is -2.24. The largest absolute Gasteiger partial charge is 0.382 e. The molecule has 0 radical (unpaired) electrons. The molecule has 0 bridgehead atoms. The number of thiophene rings is 1. The minimum atomic E-state index is 0.469. The van der Waals surface area contributed by atoms with E-state index in [1.165, 1.54) is 10.4 Å². The van der Waals surface area contributed by atoms with Gasteiger partial charge in [-0.2, -0.15) is 0 Å². The van der Waals surface area contributed by atoms with Gasteiger partial charge in [0, 0.05) is 40.8 Å². The van der Waals surface area contributed by atoms with Gasteiger partial charge in [0.05, 0.1) is 5.39 Å². The second-order valence-electron chi connectivity index (χ2n) is 6.31. The number of hydrogen-bond donors (Lipinski definition) is 2. The van der Waals surface area contributed by atoms with Crippen LogP contribution in [0.25, 0.3) is 10.2 Å². The van der Waals surface area contributed by atoms with Crippen molar-refractivity contribution in [3.63, 3.8) is 0 Å². The quantitative estimate of drug-likeness (QED) is 0.555. The summed E-state index contributed by atoms with van der Waals surface area (Å²) in [6, 6.07) is 8.59. The molecule has 0 fully saturated rings. The van der Waals surface area contributed by atoms with Gasteiger partial charge in [0.2, 0.25) is 0 Å². The molecule has 0 saturated heterocycles. The summed E-state index contributed by atoms with van der Waals surface area (Å²) >= 11 is 5.31. The number of nitrogens with one attached hydrogen (secondary N) is 2. The number of ether oxygens (including phenoxy) is 1. The van der Waals surface area contributed by atoms with E-state index in [2.05, 4.69) is 42.6 Å². The van der Waals surface area contributed by atoms with Crippen molar-refractivity contribution in [1.82, 2.24) is 15.3 Å². The Morgan fingerprint density at radius 1 is 1.38 bits per heavy atom. The minimum absolute atomic E-state index is 0.469. The highest BCUT2D eigenvalue weighted by atomic mass is 79.9. The monoisotopic (exact) mass is 432 g/mol. The Morgan fingerprint density at radius 2 is 2.31 bits per heavy atom. The number of fused-ring (bicyclic) bond motifs is 3. The highest BCUT2D eigenvalue weighted by Gasteiger charge is 2.24. The van der Waals surface area contributed by atoms with E-state index in [9.17, 15) is 0 Å². The summed E-state index contributed by atoms with van der Waals surface area (Å²) in [6.07, 6.45) is 3.71. The molecule has 1 aromatic carbocycles. The molecule has 7 heteroatoms. The van der Waals surface area contributed by atoms with E-state index < -0.39 is 0 Å². The Labute approximate surface area is 165 Å². The van der Waals surface area contributed by atoms with E-state index in [1.54, 1.807) is 17.7 Å². The van der Waals surface area contributed by atoms with Crippen LogP contribution in [0.5, 0.6) is 0 Å². The fourth-order valence-corrected chi connectivity index (χ4v) is 4.94. The van der Waals surface area contributed by atoms with Gasteiger partial charge in [0.1, 0.15) is 17.0 Å². The van der Waals surface area contributed by atoms with Crippen molar-refractivity contribution in [2.75, 3.05) is 18.5 Å². The van der Waals surface area contributed by atoms with Crippen molar-refractivity contribution in [3.05, 3.63) is 45.5 Å². The topological polar surface area (TPSA) is 59.1 Å². The molecule has 2 aromatic heterocycles.